The average molecular weight is 140 g/mol. The van der Waals surface area contributed by atoms with Crippen molar-refractivity contribution in [1.82, 2.24) is 10.9 Å². The summed E-state index contributed by atoms with van der Waals surface area (Å²) >= 11 is 0. The molecule has 4 heteroatoms. The first kappa shape index (κ1) is 6.00. The molecule has 10 heavy (non-hydrogen) atoms. The molecule has 0 radical (unpaired) electrons. The van der Waals surface area contributed by atoms with E-state index in [0.29, 0.717) is 13.0 Å². The van der Waals surface area contributed by atoms with Crippen LogP contribution in [0.2, 0.25) is 0 Å². The van der Waals surface area contributed by atoms with E-state index in [-0.39, 0.29) is 18.0 Å². The molecule has 0 aromatic heterocycles. The Morgan fingerprint density at radius 1 is 1.40 bits per heavy atom. The Labute approximate surface area is 57.9 Å². The Morgan fingerprint density at radius 2 is 2.10 bits per heavy atom. The molecule has 54 valence electrons. The van der Waals surface area contributed by atoms with Crippen molar-refractivity contribution < 1.29 is 9.59 Å². The summed E-state index contributed by atoms with van der Waals surface area (Å²) in [6.45, 7) is 0.609. The van der Waals surface area contributed by atoms with Crippen LogP contribution in [0.5, 0.6) is 0 Å². The Bertz CT molecular complexity index is 208. The molecule has 4 nitrogen and oxygen atoms in total. The fourth-order valence-corrected chi connectivity index (χ4v) is 1.42. The van der Waals surface area contributed by atoms with E-state index in [9.17, 15) is 9.59 Å². The first-order valence-electron chi connectivity index (χ1n) is 3.28. The first-order valence-corrected chi connectivity index (χ1v) is 3.28. The minimum Gasteiger partial charge on any atom is -0.299 e. The normalized spacial score (nSPS) is 38.8. The highest BCUT2D eigenvalue weighted by atomic mass is 16.2. The van der Waals surface area contributed by atoms with Crippen molar-refractivity contribution in [2.24, 2.45) is 0 Å². The lowest BCUT2D eigenvalue weighted by Gasteiger charge is -2.37. The second-order valence-corrected chi connectivity index (χ2v) is 2.88. The van der Waals surface area contributed by atoms with Gasteiger partial charge in [0.05, 0.1) is 6.42 Å². The molecule has 1 saturated carbocycles. The van der Waals surface area contributed by atoms with Crippen LogP contribution in [0.25, 0.3) is 0 Å². The minimum atomic E-state index is -0.503. The van der Waals surface area contributed by atoms with Gasteiger partial charge in [-0.15, -0.1) is 0 Å². The molecule has 1 saturated heterocycles. The standard InChI is InChI=1S/C6H8N2O2/c9-4-1-5(10)6(2-4)3-7-8-6/h7-8H,1-3H2. The van der Waals surface area contributed by atoms with Gasteiger partial charge in [-0.05, 0) is 0 Å². The zero-order valence-electron chi connectivity index (χ0n) is 5.44. The van der Waals surface area contributed by atoms with E-state index >= 15 is 0 Å². The summed E-state index contributed by atoms with van der Waals surface area (Å²) in [6.07, 6.45) is 0.494. The van der Waals surface area contributed by atoms with E-state index in [1.165, 1.54) is 0 Å². The minimum absolute atomic E-state index is 0.0382. The van der Waals surface area contributed by atoms with Crippen molar-refractivity contribution in [3.8, 4) is 0 Å². The summed E-state index contributed by atoms with van der Waals surface area (Å²) in [4.78, 5) is 21.8. The number of hydrogen-bond acceptors (Lipinski definition) is 4. The molecule has 2 N–H and O–H groups in total. The molecule has 0 aromatic carbocycles. The number of hydrogen-bond donors (Lipinski definition) is 2. The van der Waals surface area contributed by atoms with Gasteiger partial charge in [0.1, 0.15) is 11.3 Å². The molecule has 1 spiro atoms. The highest BCUT2D eigenvalue weighted by molar-refractivity contribution is 6.12. The number of carbonyl (C=O) groups excluding carboxylic acids is 2. The molecule has 2 aliphatic rings. The van der Waals surface area contributed by atoms with Crippen LogP contribution < -0.4 is 10.9 Å². The molecule has 0 bridgehead atoms. The van der Waals surface area contributed by atoms with Crippen LogP contribution >= 0.6 is 0 Å². The largest absolute Gasteiger partial charge is 0.299 e. The van der Waals surface area contributed by atoms with Crippen molar-refractivity contribution >= 4 is 11.6 Å². The smallest absolute Gasteiger partial charge is 0.163 e. The summed E-state index contributed by atoms with van der Waals surface area (Å²) in [5, 5.41) is 0. The van der Waals surface area contributed by atoms with E-state index in [1.54, 1.807) is 0 Å². The first-order chi connectivity index (χ1) is 4.73. The number of carbonyl (C=O) groups is 2. The fourth-order valence-electron chi connectivity index (χ4n) is 1.42. The maximum absolute atomic E-state index is 11.1. The lowest BCUT2D eigenvalue weighted by atomic mass is 9.94. The van der Waals surface area contributed by atoms with Gasteiger partial charge < -0.3 is 0 Å². The van der Waals surface area contributed by atoms with Gasteiger partial charge in [-0.2, -0.15) is 0 Å². The van der Waals surface area contributed by atoms with Crippen molar-refractivity contribution in [2.75, 3.05) is 6.54 Å². The van der Waals surface area contributed by atoms with Crippen LogP contribution in [0.3, 0.4) is 0 Å². The molecule has 1 aliphatic heterocycles. The summed E-state index contributed by atoms with van der Waals surface area (Å²) in [5.74, 6) is 0.0928. The van der Waals surface area contributed by atoms with Gasteiger partial charge in [0, 0.05) is 13.0 Å². The highest BCUT2D eigenvalue weighted by Gasteiger charge is 2.50. The van der Waals surface area contributed by atoms with Crippen LogP contribution in [0.15, 0.2) is 0 Å². The maximum atomic E-state index is 11.1. The third-order valence-corrected chi connectivity index (χ3v) is 2.11. The molecule has 2 rings (SSSR count). The highest BCUT2D eigenvalue weighted by Crippen LogP contribution is 2.25. The molecular weight excluding hydrogens is 132 g/mol. The summed E-state index contributed by atoms with van der Waals surface area (Å²) in [7, 11) is 0. The van der Waals surface area contributed by atoms with Gasteiger partial charge in [-0.1, -0.05) is 0 Å². The second kappa shape index (κ2) is 1.65. The molecule has 2 fully saturated rings. The molecule has 1 atom stereocenters. The molecule has 1 unspecified atom stereocenters. The van der Waals surface area contributed by atoms with Gasteiger partial charge in [-0.3, -0.25) is 15.0 Å². The van der Waals surface area contributed by atoms with E-state index < -0.39 is 5.54 Å². The third-order valence-electron chi connectivity index (χ3n) is 2.11. The number of ketones is 2. The van der Waals surface area contributed by atoms with Crippen molar-refractivity contribution in [3.05, 3.63) is 0 Å². The predicted octanol–water partition coefficient (Wildman–Crippen LogP) is -1.24. The number of hydrazine groups is 1. The number of Topliss-reactive ketones (excluding diaryl/α,β-unsaturated/α-hetero) is 2. The van der Waals surface area contributed by atoms with Gasteiger partial charge in [-0.25, -0.2) is 5.43 Å². The van der Waals surface area contributed by atoms with Gasteiger partial charge in [0.15, 0.2) is 5.78 Å². The van der Waals surface area contributed by atoms with Gasteiger partial charge >= 0.3 is 0 Å². The maximum Gasteiger partial charge on any atom is 0.163 e. The number of nitrogens with one attached hydrogen (secondary N) is 2. The lowest BCUT2D eigenvalue weighted by Crippen LogP contribution is -2.72. The summed E-state index contributed by atoms with van der Waals surface area (Å²) < 4.78 is 0. The SMILES string of the molecule is O=C1CC(=O)C2(CNN2)C1. The Hall–Kier alpha value is -0.740. The van der Waals surface area contributed by atoms with Gasteiger partial charge in [0.25, 0.3) is 0 Å². The zero-order chi connectivity index (χ0) is 7.19. The predicted molar refractivity (Wildman–Crippen MR) is 33.1 cm³/mol. The van der Waals surface area contributed by atoms with Crippen LogP contribution in [0, 0.1) is 0 Å². The van der Waals surface area contributed by atoms with E-state index in [0.717, 1.165) is 0 Å². The second-order valence-electron chi connectivity index (χ2n) is 2.88. The summed E-state index contributed by atoms with van der Waals surface area (Å²) in [6, 6.07) is 0. The third kappa shape index (κ3) is 0.574. The van der Waals surface area contributed by atoms with Gasteiger partial charge in [0.2, 0.25) is 0 Å². The Balaban J connectivity index is 2.23. The molecule has 1 heterocycles. The Morgan fingerprint density at radius 3 is 2.30 bits per heavy atom. The van der Waals surface area contributed by atoms with Crippen LogP contribution in [0.1, 0.15) is 12.8 Å². The van der Waals surface area contributed by atoms with Crippen LogP contribution in [-0.4, -0.2) is 23.7 Å². The van der Waals surface area contributed by atoms with Crippen molar-refractivity contribution in [1.29, 1.82) is 0 Å². The monoisotopic (exact) mass is 140 g/mol. The number of rotatable bonds is 0. The van der Waals surface area contributed by atoms with Crippen molar-refractivity contribution in [3.63, 3.8) is 0 Å². The van der Waals surface area contributed by atoms with Crippen LogP contribution in [-0.2, 0) is 9.59 Å². The van der Waals surface area contributed by atoms with Crippen LogP contribution in [0.4, 0.5) is 0 Å². The fraction of sp³-hybridized carbons (Fsp3) is 0.667. The van der Waals surface area contributed by atoms with Crippen molar-refractivity contribution in [2.45, 2.75) is 18.4 Å². The summed E-state index contributed by atoms with van der Waals surface area (Å²) in [5.41, 5.74) is 5.05. The average Bonchev–Trinajstić information content (AvgIpc) is 2.04. The molecular formula is C6H8N2O2. The zero-order valence-corrected chi connectivity index (χ0v) is 5.44. The van der Waals surface area contributed by atoms with E-state index in [2.05, 4.69) is 10.9 Å². The topological polar surface area (TPSA) is 58.2 Å². The molecule has 0 aromatic rings. The molecule has 0 amide bonds. The molecule has 1 aliphatic carbocycles. The van der Waals surface area contributed by atoms with E-state index in [1.807, 2.05) is 0 Å². The Kier molecular flexibility index (Phi) is 0.988. The lowest BCUT2D eigenvalue weighted by molar-refractivity contribution is -0.126. The quantitative estimate of drug-likeness (QED) is 0.413. The van der Waals surface area contributed by atoms with E-state index in [4.69, 9.17) is 0 Å².